The van der Waals surface area contributed by atoms with Crippen molar-refractivity contribution in [1.29, 1.82) is 0 Å². The molecule has 1 aromatic carbocycles. The summed E-state index contributed by atoms with van der Waals surface area (Å²) >= 11 is 0. The smallest absolute Gasteiger partial charge is 0.119 e. The fraction of sp³-hybridized carbons (Fsp3) is 0.600. The van der Waals surface area contributed by atoms with Crippen LogP contribution in [0.1, 0.15) is 32.4 Å². The van der Waals surface area contributed by atoms with E-state index in [1.807, 2.05) is 12.1 Å². The maximum Gasteiger partial charge on any atom is 0.119 e. The van der Waals surface area contributed by atoms with Crippen molar-refractivity contribution < 1.29 is 9.84 Å². The molecule has 19 heavy (non-hydrogen) atoms. The molecule has 4 heteroatoms. The number of hydrogen-bond acceptors (Lipinski definition) is 4. The molecule has 1 heterocycles. The Bertz CT molecular complexity index is 392. The summed E-state index contributed by atoms with van der Waals surface area (Å²) < 4.78 is 5.68. The number of hydrazine groups is 1. The minimum atomic E-state index is 0.113. The number of rotatable bonds is 5. The van der Waals surface area contributed by atoms with Gasteiger partial charge in [0.25, 0.3) is 0 Å². The van der Waals surface area contributed by atoms with Crippen molar-refractivity contribution >= 4 is 0 Å². The topological polar surface area (TPSA) is 53.5 Å². The molecule has 0 aromatic heterocycles. The van der Waals surface area contributed by atoms with Gasteiger partial charge in [-0.05, 0) is 29.5 Å². The Morgan fingerprint density at radius 3 is 2.42 bits per heavy atom. The van der Waals surface area contributed by atoms with Crippen LogP contribution in [0.4, 0.5) is 0 Å². The first-order valence-electron chi connectivity index (χ1n) is 6.96. The second kappa shape index (κ2) is 6.37. The van der Waals surface area contributed by atoms with Crippen molar-refractivity contribution in [1.82, 2.24) is 10.9 Å². The molecule has 106 valence electrons. The van der Waals surface area contributed by atoms with E-state index in [2.05, 4.69) is 43.8 Å². The molecule has 0 aliphatic carbocycles. The van der Waals surface area contributed by atoms with Crippen molar-refractivity contribution in [3.05, 3.63) is 29.8 Å². The normalized spacial score (nSPS) is 26.9. The van der Waals surface area contributed by atoms with Crippen molar-refractivity contribution in [2.24, 2.45) is 11.8 Å². The molecule has 3 unspecified atom stereocenters. The van der Waals surface area contributed by atoms with E-state index in [-0.39, 0.29) is 18.7 Å². The second-order valence-corrected chi connectivity index (χ2v) is 5.69. The molecule has 0 spiro atoms. The number of benzene rings is 1. The van der Waals surface area contributed by atoms with E-state index < -0.39 is 0 Å². The SMILES string of the molecule is CC(C)COc1ccc(C2NNC(CO)C2C)cc1. The molecule has 4 nitrogen and oxygen atoms in total. The summed E-state index contributed by atoms with van der Waals surface area (Å²) in [6.07, 6.45) is 0. The van der Waals surface area contributed by atoms with Gasteiger partial charge in [0.2, 0.25) is 0 Å². The van der Waals surface area contributed by atoms with E-state index in [9.17, 15) is 5.11 Å². The van der Waals surface area contributed by atoms with Crippen molar-refractivity contribution in [3.8, 4) is 5.75 Å². The Morgan fingerprint density at radius 1 is 1.21 bits per heavy atom. The molecule has 1 aliphatic rings. The van der Waals surface area contributed by atoms with Crippen LogP contribution in [0.2, 0.25) is 0 Å². The minimum absolute atomic E-state index is 0.113. The van der Waals surface area contributed by atoms with Gasteiger partial charge >= 0.3 is 0 Å². The van der Waals surface area contributed by atoms with E-state index >= 15 is 0 Å². The number of nitrogens with one attached hydrogen (secondary N) is 2. The largest absolute Gasteiger partial charge is 0.493 e. The molecule has 3 atom stereocenters. The average Bonchev–Trinajstić information content (AvgIpc) is 2.78. The highest BCUT2D eigenvalue weighted by Gasteiger charge is 2.32. The lowest BCUT2D eigenvalue weighted by molar-refractivity contribution is 0.228. The van der Waals surface area contributed by atoms with Crippen LogP contribution in [0, 0.1) is 11.8 Å². The molecule has 3 N–H and O–H groups in total. The van der Waals surface area contributed by atoms with Gasteiger partial charge in [-0.3, -0.25) is 5.43 Å². The van der Waals surface area contributed by atoms with Crippen LogP contribution in [-0.2, 0) is 0 Å². The number of hydrogen-bond donors (Lipinski definition) is 3. The number of aliphatic hydroxyl groups excluding tert-OH is 1. The van der Waals surface area contributed by atoms with Crippen LogP contribution in [0.5, 0.6) is 5.75 Å². The fourth-order valence-electron chi connectivity index (χ4n) is 2.33. The molecule has 1 aromatic rings. The third-order valence-electron chi connectivity index (χ3n) is 3.60. The molecular weight excluding hydrogens is 240 g/mol. The molecule has 1 aliphatic heterocycles. The summed E-state index contributed by atoms with van der Waals surface area (Å²) in [5.74, 6) is 1.80. The third kappa shape index (κ3) is 3.47. The summed E-state index contributed by atoms with van der Waals surface area (Å²) in [6, 6.07) is 8.55. The van der Waals surface area contributed by atoms with E-state index in [0.29, 0.717) is 11.8 Å². The van der Waals surface area contributed by atoms with Crippen molar-refractivity contribution in [2.75, 3.05) is 13.2 Å². The Labute approximate surface area is 115 Å². The first-order chi connectivity index (χ1) is 9.11. The first-order valence-corrected chi connectivity index (χ1v) is 6.96. The Morgan fingerprint density at radius 2 is 1.89 bits per heavy atom. The Kier molecular flexibility index (Phi) is 4.80. The van der Waals surface area contributed by atoms with Gasteiger partial charge in [-0.15, -0.1) is 0 Å². The molecule has 1 saturated heterocycles. The average molecular weight is 264 g/mol. The van der Waals surface area contributed by atoms with Gasteiger partial charge in [-0.25, -0.2) is 5.43 Å². The highest BCUT2D eigenvalue weighted by atomic mass is 16.5. The number of aliphatic hydroxyl groups is 1. The van der Waals surface area contributed by atoms with E-state index in [0.717, 1.165) is 12.4 Å². The van der Waals surface area contributed by atoms with Gasteiger partial charge in [0.15, 0.2) is 0 Å². The molecular formula is C15H24N2O2. The summed E-state index contributed by atoms with van der Waals surface area (Å²) in [7, 11) is 0. The zero-order valence-corrected chi connectivity index (χ0v) is 11.9. The highest BCUT2D eigenvalue weighted by Crippen LogP contribution is 2.29. The van der Waals surface area contributed by atoms with Crippen molar-refractivity contribution in [2.45, 2.75) is 32.9 Å². The quantitative estimate of drug-likeness (QED) is 0.760. The summed E-state index contributed by atoms with van der Waals surface area (Å²) in [5.41, 5.74) is 7.59. The van der Waals surface area contributed by atoms with Crippen LogP contribution in [0.25, 0.3) is 0 Å². The summed E-state index contributed by atoms with van der Waals surface area (Å²) in [4.78, 5) is 0. The maximum absolute atomic E-state index is 9.24. The minimum Gasteiger partial charge on any atom is -0.493 e. The number of ether oxygens (including phenoxy) is 1. The van der Waals surface area contributed by atoms with Gasteiger partial charge in [-0.2, -0.15) is 0 Å². The zero-order valence-electron chi connectivity index (χ0n) is 11.9. The molecule has 0 bridgehead atoms. The zero-order chi connectivity index (χ0) is 13.8. The highest BCUT2D eigenvalue weighted by molar-refractivity contribution is 5.30. The lowest BCUT2D eigenvalue weighted by atomic mass is 9.91. The van der Waals surface area contributed by atoms with Gasteiger partial charge in [0.05, 0.1) is 19.3 Å². The lowest BCUT2D eigenvalue weighted by Crippen LogP contribution is -2.34. The molecule has 2 rings (SSSR count). The molecule has 0 radical (unpaired) electrons. The van der Waals surface area contributed by atoms with Crippen molar-refractivity contribution in [3.63, 3.8) is 0 Å². The van der Waals surface area contributed by atoms with E-state index in [1.54, 1.807) is 0 Å². The standard InChI is InChI=1S/C15H24N2O2/c1-10(2)9-19-13-6-4-12(5-7-13)15-11(3)14(8-18)16-17-15/h4-7,10-11,14-18H,8-9H2,1-3H3. The van der Waals surface area contributed by atoms with Crippen LogP contribution < -0.4 is 15.6 Å². The van der Waals surface area contributed by atoms with Crippen LogP contribution >= 0.6 is 0 Å². The van der Waals surface area contributed by atoms with Gasteiger partial charge in [-0.1, -0.05) is 32.9 Å². The van der Waals surface area contributed by atoms with Crippen LogP contribution in [0.3, 0.4) is 0 Å². The molecule has 1 fully saturated rings. The van der Waals surface area contributed by atoms with E-state index in [1.165, 1.54) is 5.56 Å². The van der Waals surface area contributed by atoms with Gasteiger partial charge in [0.1, 0.15) is 5.75 Å². The second-order valence-electron chi connectivity index (χ2n) is 5.69. The fourth-order valence-corrected chi connectivity index (χ4v) is 2.33. The predicted molar refractivity (Wildman–Crippen MR) is 75.8 cm³/mol. The summed E-state index contributed by atoms with van der Waals surface area (Å²) in [5, 5.41) is 9.24. The van der Waals surface area contributed by atoms with Crippen LogP contribution in [-0.4, -0.2) is 24.4 Å². The van der Waals surface area contributed by atoms with Gasteiger partial charge < -0.3 is 9.84 Å². The predicted octanol–water partition coefficient (Wildman–Crippen LogP) is 1.87. The Hall–Kier alpha value is -1.10. The first kappa shape index (κ1) is 14.3. The third-order valence-corrected chi connectivity index (χ3v) is 3.60. The maximum atomic E-state index is 9.24. The molecule has 0 saturated carbocycles. The molecule has 0 amide bonds. The monoisotopic (exact) mass is 264 g/mol. The lowest BCUT2D eigenvalue weighted by Gasteiger charge is -2.18. The van der Waals surface area contributed by atoms with E-state index in [4.69, 9.17) is 4.74 Å². The Balaban J connectivity index is 1.99. The van der Waals surface area contributed by atoms with Crippen LogP contribution in [0.15, 0.2) is 24.3 Å². The summed E-state index contributed by atoms with van der Waals surface area (Å²) in [6.45, 7) is 7.31. The van der Waals surface area contributed by atoms with Gasteiger partial charge in [0, 0.05) is 6.04 Å².